The molecule has 5 nitrogen and oxygen atoms in total. The maximum absolute atomic E-state index is 12.2. The zero-order chi connectivity index (χ0) is 16.1. The van der Waals surface area contributed by atoms with E-state index < -0.39 is 5.60 Å². The normalized spacial score (nSPS) is 21.9. The van der Waals surface area contributed by atoms with E-state index in [1.807, 2.05) is 34.6 Å². The summed E-state index contributed by atoms with van der Waals surface area (Å²) in [6.07, 6.45) is 0.764. The van der Waals surface area contributed by atoms with Crippen molar-refractivity contribution >= 4 is 28.7 Å². The van der Waals surface area contributed by atoms with Crippen LogP contribution in [0.2, 0.25) is 0 Å². The average molecular weight is 413 g/mol. The Labute approximate surface area is 141 Å². The molecule has 1 aliphatic rings. The number of carbonyl (C=O) groups is 1. The van der Waals surface area contributed by atoms with Gasteiger partial charge in [0.05, 0.1) is 24.9 Å². The number of hydrogen-bond acceptors (Lipinski definition) is 4. The average Bonchev–Trinajstić information content (AvgIpc) is 2.86. The number of nitrogens with zero attached hydrogens (tertiary/aromatic N) is 1. The Morgan fingerprint density at radius 3 is 2.48 bits per heavy atom. The second-order valence-corrected chi connectivity index (χ2v) is 7.44. The largest absolute Gasteiger partial charge is 0.444 e. The molecular formula is C15H28INO4. The summed E-state index contributed by atoms with van der Waals surface area (Å²) in [6, 6.07) is 0. The number of rotatable bonds is 6. The van der Waals surface area contributed by atoms with Crippen LogP contribution in [-0.2, 0) is 14.2 Å². The Balaban J connectivity index is 2.64. The molecule has 1 fully saturated rings. The van der Waals surface area contributed by atoms with Crippen LogP contribution in [0.5, 0.6) is 0 Å². The molecule has 0 aromatic rings. The van der Waals surface area contributed by atoms with Gasteiger partial charge in [0.15, 0.2) is 0 Å². The van der Waals surface area contributed by atoms with E-state index in [1.165, 1.54) is 0 Å². The lowest BCUT2D eigenvalue weighted by molar-refractivity contribution is -0.0829. The molecule has 1 saturated heterocycles. The van der Waals surface area contributed by atoms with Crippen molar-refractivity contribution in [2.24, 2.45) is 0 Å². The highest BCUT2D eigenvalue weighted by atomic mass is 127. The lowest BCUT2D eigenvalue weighted by Gasteiger charge is -2.36. The first-order valence-corrected chi connectivity index (χ1v) is 9.01. The van der Waals surface area contributed by atoms with Gasteiger partial charge in [0, 0.05) is 17.6 Å². The summed E-state index contributed by atoms with van der Waals surface area (Å²) in [7, 11) is 0. The minimum Gasteiger partial charge on any atom is -0.444 e. The van der Waals surface area contributed by atoms with Gasteiger partial charge < -0.3 is 19.1 Å². The van der Waals surface area contributed by atoms with Crippen LogP contribution in [0.3, 0.4) is 0 Å². The van der Waals surface area contributed by atoms with Crippen molar-refractivity contribution in [1.29, 1.82) is 0 Å². The summed E-state index contributed by atoms with van der Waals surface area (Å²) in [4.78, 5) is 13.9. The van der Waals surface area contributed by atoms with Crippen molar-refractivity contribution in [1.82, 2.24) is 4.90 Å². The van der Waals surface area contributed by atoms with Crippen LogP contribution in [0.4, 0.5) is 4.79 Å². The lowest BCUT2D eigenvalue weighted by atomic mass is 10.1. The van der Waals surface area contributed by atoms with Crippen molar-refractivity contribution in [3.05, 3.63) is 0 Å². The first-order chi connectivity index (χ1) is 9.69. The fourth-order valence-electron chi connectivity index (χ4n) is 2.15. The molecule has 1 amide bonds. The zero-order valence-corrected chi connectivity index (χ0v) is 15.9. The Bertz CT molecular complexity index is 339. The monoisotopic (exact) mass is 413 g/mol. The zero-order valence-electron chi connectivity index (χ0n) is 13.8. The summed E-state index contributed by atoms with van der Waals surface area (Å²) in [5, 5.41) is 0. The van der Waals surface area contributed by atoms with Crippen molar-refractivity contribution in [3.63, 3.8) is 0 Å². The maximum Gasteiger partial charge on any atom is 0.410 e. The molecule has 124 valence electrons. The van der Waals surface area contributed by atoms with Gasteiger partial charge in [-0.1, -0.05) is 22.6 Å². The van der Waals surface area contributed by atoms with E-state index in [0.29, 0.717) is 19.7 Å². The molecular weight excluding hydrogens is 385 g/mol. The molecule has 1 aliphatic heterocycles. The number of alkyl halides is 1. The molecule has 0 radical (unpaired) electrons. The highest BCUT2D eigenvalue weighted by Crippen LogP contribution is 2.23. The SMILES string of the molecule is CCN(CC(C)(CI)OC1CCOC1)C(=O)OC(C)(C)C. The van der Waals surface area contributed by atoms with Crippen LogP contribution in [0.15, 0.2) is 0 Å². The summed E-state index contributed by atoms with van der Waals surface area (Å²) in [5.41, 5.74) is -0.864. The summed E-state index contributed by atoms with van der Waals surface area (Å²) < 4.78 is 17.8. The topological polar surface area (TPSA) is 48.0 Å². The lowest BCUT2D eigenvalue weighted by Crippen LogP contribution is -2.49. The van der Waals surface area contributed by atoms with Gasteiger partial charge in [-0.15, -0.1) is 0 Å². The van der Waals surface area contributed by atoms with E-state index in [-0.39, 0.29) is 17.8 Å². The number of halogens is 1. The smallest absolute Gasteiger partial charge is 0.410 e. The molecule has 0 aromatic carbocycles. The van der Waals surface area contributed by atoms with Gasteiger partial charge in [-0.2, -0.15) is 0 Å². The van der Waals surface area contributed by atoms with E-state index >= 15 is 0 Å². The first kappa shape index (κ1) is 19.0. The molecule has 0 aliphatic carbocycles. The van der Waals surface area contributed by atoms with Gasteiger partial charge in [-0.25, -0.2) is 4.79 Å². The molecule has 21 heavy (non-hydrogen) atoms. The number of hydrogen-bond donors (Lipinski definition) is 0. The number of amides is 1. The minimum absolute atomic E-state index is 0.127. The van der Waals surface area contributed by atoms with Crippen LogP contribution in [0.25, 0.3) is 0 Å². The third kappa shape index (κ3) is 6.69. The van der Waals surface area contributed by atoms with Gasteiger partial charge in [0.25, 0.3) is 0 Å². The van der Waals surface area contributed by atoms with E-state index in [4.69, 9.17) is 14.2 Å². The molecule has 1 heterocycles. The Morgan fingerprint density at radius 2 is 2.05 bits per heavy atom. The molecule has 0 spiro atoms. The number of ether oxygens (including phenoxy) is 3. The number of carbonyl (C=O) groups excluding carboxylic acids is 1. The highest BCUT2D eigenvalue weighted by molar-refractivity contribution is 14.1. The van der Waals surface area contributed by atoms with Gasteiger partial charge in [0.2, 0.25) is 0 Å². The summed E-state index contributed by atoms with van der Waals surface area (Å²) in [6.45, 7) is 12.2. The maximum atomic E-state index is 12.2. The quantitative estimate of drug-likeness (QED) is 0.496. The van der Waals surface area contributed by atoms with Crippen LogP contribution >= 0.6 is 22.6 Å². The van der Waals surface area contributed by atoms with E-state index in [1.54, 1.807) is 4.90 Å². The molecule has 6 heteroatoms. The third-order valence-electron chi connectivity index (χ3n) is 3.18. The molecule has 0 N–H and O–H groups in total. The van der Waals surface area contributed by atoms with E-state index in [0.717, 1.165) is 17.5 Å². The van der Waals surface area contributed by atoms with E-state index in [2.05, 4.69) is 22.6 Å². The van der Waals surface area contributed by atoms with Crippen molar-refractivity contribution in [2.45, 2.75) is 58.3 Å². The summed E-state index contributed by atoms with van der Waals surface area (Å²) in [5.74, 6) is 0. The van der Waals surface area contributed by atoms with Gasteiger partial charge in [-0.05, 0) is 41.0 Å². The predicted octanol–water partition coefficient (Wildman–Crippen LogP) is 3.24. The van der Waals surface area contributed by atoms with Crippen LogP contribution in [-0.4, -0.2) is 59.0 Å². The number of likely N-dealkylation sites (N-methyl/N-ethyl adjacent to an activating group) is 1. The van der Waals surface area contributed by atoms with Crippen molar-refractivity contribution in [3.8, 4) is 0 Å². The van der Waals surface area contributed by atoms with Crippen LogP contribution < -0.4 is 0 Å². The molecule has 2 atom stereocenters. The molecule has 0 aromatic heterocycles. The van der Waals surface area contributed by atoms with Gasteiger partial charge >= 0.3 is 6.09 Å². The van der Waals surface area contributed by atoms with Gasteiger partial charge in [-0.3, -0.25) is 0 Å². The van der Waals surface area contributed by atoms with Crippen LogP contribution in [0, 0.1) is 0 Å². The van der Waals surface area contributed by atoms with Crippen molar-refractivity contribution < 1.29 is 19.0 Å². The Morgan fingerprint density at radius 1 is 1.38 bits per heavy atom. The van der Waals surface area contributed by atoms with E-state index in [9.17, 15) is 4.79 Å². The second-order valence-electron chi connectivity index (χ2n) is 6.68. The predicted molar refractivity (Wildman–Crippen MR) is 91.1 cm³/mol. The third-order valence-corrected chi connectivity index (χ3v) is 4.79. The van der Waals surface area contributed by atoms with Gasteiger partial charge in [0.1, 0.15) is 5.60 Å². The minimum atomic E-state index is -0.481. The summed E-state index contributed by atoms with van der Waals surface area (Å²) >= 11 is 2.31. The molecule has 1 rings (SSSR count). The molecule has 2 unspecified atom stereocenters. The second kappa shape index (κ2) is 7.97. The molecule has 0 bridgehead atoms. The van der Waals surface area contributed by atoms with Crippen LogP contribution in [0.1, 0.15) is 41.0 Å². The molecule has 0 saturated carbocycles. The fraction of sp³-hybridized carbons (Fsp3) is 0.933. The highest BCUT2D eigenvalue weighted by Gasteiger charge is 2.34. The Hall–Kier alpha value is -0.0800. The van der Waals surface area contributed by atoms with Crippen molar-refractivity contribution in [2.75, 3.05) is 30.7 Å². The Kier molecular flexibility index (Phi) is 7.19. The first-order valence-electron chi connectivity index (χ1n) is 7.48. The fourth-order valence-corrected chi connectivity index (χ4v) is 2.58. The standard InChI is InChI=1S/C15H28INO4/c1-6-17(13(18)21-14(2,3)4)11-15(5,10-16)20-12-7-8-19-9-12/h12H,6-11H2,1-5H3.